The standard InChI is InChI=1S/C12H15N5O2/c1-8-14-3-2-10(15-8)12-16-11(19-17-12)6-9-7-13-4-5-18-9/h2-3,9,13H,4-7H2,1H3. The number of nitrogens with zero attached hydrogens (tertiary/aromatic N) is 4. The third kappa shape index (κ3) is 2.94. The van der Waals surface area contributed by atoms with E-state index in [4.69, 9.17) is 9.26 Å². The van der Waals surface area contributed by atoms with Gasteiger partial charge in [-0.05, 0) is 13.0 Å². The Morgan fingerprint density at radius 3 is 3.16 bits per heavy atom. The Kier molecular flexibility index (Phi) is 3.47. The Bertz CT molecular complexity index is 551. The van der Waals surface area contributed by atoms with Gasteiger partial charge in [-0.15, -0.1) is 0 Å². The maximum absolute atomic E-state index is 5.60. The summed E-state index contributed by atoms with van der Waals surface area (Å²) in [5.41, 5.74) is 0.671. The summed E-state index contributed by atoms with van der Waals surface area (Å²) >= 11 is 0. The normalized spacial score (nSPS) is 19.5. The van der Waals surface area contributed by atoms with Gasteiger partial charge in [-0.2, -0.15) is 4.98 Å². The van der Waals surface area contributed by atoms with E-state index in [0.29, 0.717) is 29.7 Å². The van der Waals surface area contributed by atoms with Gasteiger partial charge in [0.25, 0.3) is 0 Å². The van der Waals surface area contributed by atoms with Crippen LogP contribution in [0, 0.1) is 6.92 Å². The SMILES string of the molecule is Cc1nccc(-c2noc(CC3CNCCO3)n2)n1. The fourth-order valence-electron chi connectivity index (χ4n) is 1.97. The van der Waals surface area contributed by atoms with Gasteiger partial charge in [-0.3, -0.25) is 0 Å². The largest absolute Gasteiger partial charge is 0.375 e. The summed E-state index contributed by atoms with van der Waals surface area (Å²) in [5, 5.41) is 7.21. The third-order valence-corrected chi connectivity index (χ3v) is 2.88. The molecule has 2 aromatic heterocycles. The molecule has 3 heterocycles. The highest BCUT2D eigenvalue weighted by atomic mass is 16.5. The topological polar surface area (TPSA) is 86.0 Å². The zero-order valence-electron chi connectivity index (χ0n) is 10.7. The van der Waals surface area contributed by atoms with E-state index in [-0.39, 0.29) is 6.10 Å². The van der Waals surface area contributed by atoms with E-state index in [1.54, 1.807) is 12.3 Å². The Morgan fingerprint density at radius 1 is 1.42 bits per heavy atom. The number of rotatable bonds is 3. The summed E-state index contributed by atoms with van der Waals surface area (Å²) in [6.07, 6.45) is 2.39. The molecule has 1 saturated heterocycles. The number of hydrogen-bond acceptors (Lipinski definition) is 7. The molecule has 0 radical (unpaired) electrons. The molecule has 0 amide bonds. The van der Waals surface area contributed by atoms with Crippen LogP contribution in [0.5, 0.6) is 0 Å². The van der Waals surface area contributed by atoms with Crippen LogP contribution in [0.4, 0.5) is 0 Å². The van der Waals surface area contributed by atoms with Crippen molar-refractivity contribution in [2.24, 2.45) is 0 Å². The van der Waals surface area contributed by atoms with Crippen molar-refractivity contribution < 1.29 is 9.26 Å². The second-order valence-corrected chi connectivity index (χ2v) is 4.40. The summed E-state index contributed by atoms with van der Waals surface area (Å²) in [5.74, 6) is 1.74. The van der Waals surface area contributed by atoms with E-state index in [2.05, 4.69) is 25.4 Å². The predicted molar refractivity (Wildman–Crippen MR) is 66.4 cm³/mol. The molecule has 3 rings (SSSR count). The Labute approximate surface area is 110 Å². The van der Waals surface area contributed by atoms with Crippen LogP contribution in [-0.4, -0.2) is 45.9 Å². The molecule has 7 nitrogen and oxygen atoms in total. The predicted octanol–water partition coefficient (Wildman–Crippen LogP) is 0.366. The monoisotopic (exact) mass is 261 g/mol. The van der Waals surface area contributed by atoms with Gasteiger partial charge in [-0.1, -0.05) is 5.16 Å². The van der Waals surface area contributed by atoms with Gasteiger partial charge in [0.2, 0.25) is 11.7 Å². The first-order valence-electron chi connectivity index (χ1n) is 6.26. The number of morpholine rings is 1. The molecule has 1 fully saturated rings. The first-order valence-corrected chi connectivity index (χ1v) is 6.26. The number of ether oxygens (including phenoxy) is 1. The Balaban J connectivity index is 1.72. The van der Waals surface area contributed by atoms with Crippen LogP contribution in [0.25, 0.3) is 11.5 Å². The second-order valence-electron chi connectivity index (χ2n) is 4.40. The summed E-state index contributed by atoms with van der Waals surface area (Å²) < 4.78 is 10.8. The van der Waals surface area contributed by atoms with Gasteiger partial charge in [0.1, 0.15) is 11.5 Å². The van der Waals surface area contributed by atoms with Crippen molar-refractivity contribution >= 4 is 0 Å². The van der Waals surface area contributed by atoms with Crippen molar-refractivity contribution in [3.05, 3.63) is 24.0 Å². The maximum Gasteiger partial charge on any atom is 0.229 e. The summed E-state index contributed by atoms with van der Waals surface area (Å²) in [7, 11) is 0. The number of nitrogens with one attached hydrogen (secondary N) is 1. The molecule has 1 unspecified atom stereocenters. The van der Waals surface area contributed by atoms with Crippen LogP contribution in [0.15, 0.2) is 16.8 Å². The lowest BCUT2D eigenvalue weighted by Crippen LogP contribution is -2.39. The van der Waals surface area contributed by atoms with Crippen molar-refractivity contribution in [1.82, 2.24) is 25.4 Å². The summed E-state index contributed by atoms with van der Waals surface area (Å²) in [6, 6.07) is 1.76. The van der Waals surface area contributed by atoms with E-state index < -0.39 is 0 Å². The van der Waals surface area contributed by atoms with E-state index in [1.807, 2.05) is 6.92 Å². The quantitative estimate of drug-likeness (QED) is 0.854. The van der Waals surface area contributed by atoms with E-state index in [1.165, 1.54) is 0 Å². The van der Waals surface area contributed by atoms with Crippen molar-refractivity contribution in [2.45, 2.75) is 19.4 Å². The molecular weight excluding hydrogens is 246 g/mol. The van der Waals surface area contributed by atoms with E-state index in [0.717, 1.165) is 19.7 Å². The number of aryl methyl sites for hydroxylation is 1. The molecule has 0 spiro atoms. The molecule has 7 heteroatoms. The number of aromatic nitrogens is 4. The molecule has 2 aromatic rings. The van der Waals surface area contributed by atoms with Gasteiger partial charge in [0.05, 0.1) is 19.1 Å². The van der Waals surface area contributed by atoms with Crippen LogP contribution in [-0.2, 0) is 11.2 Å². The lowest BCUT2D eigenvalue weighted by molar-refractivity contribution is 0.0246. The molecule has 1 N–H and O–H groups in total. The molecule has 100 valence electrons. The molecule has 0 aliphatic carbocycles. The molecule has 1 aliphatic rings. The smallest absolute Gasteiger partial charge is 0.229 e. The van der Waals surface area contributed by atoms with Crippen LogP contribution in [0.1, 0.15) is 11.7 Å². The van der Waals surface area contributed by atoms with Crippen LogP contribution in [0.2, 0.25) is 0 Å². The number of hydrogen-bond donors (Lipinski definition) is 1. The Hall–Kier alpha value is -1.86. The lowest BCUT2D eigenvalue weighted by atomic mass is 10.2. The summed E-state index contributed by atoms with van der Waals surface area (Å²) in [4.78, 5) is 12.6. The zero-order valence-corrected chi connectivity index (χ0v) is 10.7. The average molecular weight is 261 g/mol. The van der Waals surface area contributed by atoms with Crippen molar-refractivity contribution in [3.8, 4) is 11.5 Å². The molecular formula is C12H15N5O2. The summed E-state index contributed by atoms with van der Waals surface area (Å²) in [6.45, 7) is 4.25. The van der Waals surface area contributed by atoms with Crippen LogP contribution >= 0.6 is 0 Å². The molecule has 1 aliphatic heterocycles. The van der Waals surface area contributed by atoms with Gasteiger partial charge in [0.15, 0.2) is 0 Å². The first-order chi connectivity index (χ1) is 9.31. The van der Waals surface area contributed by atoms with Gasteiger partial charge in [-0.25, -0.2) is 9.97 Å². The molecule has 19 heavy (non-hydrogen) atoms. The highest BCUT2D eigenvalue weighted by Crippen LogP contribution is 2.14. The average Bonchev–Trinajstić information content (AvgIpc) is 2.88. The molecule has 1 atom stereocenters. The van der Waals surface area contributed by atoms with Gasteiger partial charge in [0, 0.05) is 19.3 Å². The minimum Gasteiger partial charge on any atom is -0.375 e. The molecule has 0 saturated carbocycles. The van der Waals surface area contributed by atoms with Gasteiger partial charge >= 0.3 is 0 Å². The van der Waals surface area contributed by atoms with Crippen LogP contribution < -0.4 is 5.32 Å². The molecule has 0 bridgehead atoms. The maximum atomic E-state index is 5.60. The minimum absolute atomic E-state index is 0.0918. The van der Waals surface area contributed by atoms with Crippen molar-refractivity contribution in [3.63, 3.8) is 0 Å². The van der Waals surface area contributed by atoms with Crippen LogP contribution in [0.3, 0.4) is 0 Å². The van der Waals surface area contributed by atoms with E-state index in [9.17, 15) is 0 Å². The minimum atomic E-state index is 0.0918. The first kappa shape index (κ1) is 12.2. The van der Waals surface area contributed by atoms with E-state index >= 15 is 0 Å². The highest BCUT2D eigenvalue weighted by molar-refractivity contribution is 5.46. The third-order valence-electron chi connectivity index (χ3n) is 2.88. The lowest BCUT2D eigenvalue weighted by Gasteiger charge is -2.21. The van der Waals surface area contributed by atoms with Crippen molar-refractivity contribution in [2.75, 3.05) is 19.7 Å². The zero-order chi connectivity index (χ0) is 13.1. The second kappa shape index (κ2) is 5.41. The fourth-order valence-corrected chi connectivity index (χ4v) is 1.97. The molecule has 0 aromatic carbocycles. The fraction of sp³-hybridized carbons (Fsp3) is 0.500. The Morgan fingerprint density at radius 2 is 2.37 bits per heavy atom. The van der Waals surface area contributed by atoms with Gasteiger partial charge < -0.3 is 14.6 Å². The highest BCUT2D eigenvalue weighted by Gasteiger charge is 2.18. The van der Waals surface area contributed by atoms with Crippen molar-refractivity contribution in [1.29, 1.82) is 0 Å².